The van der Waals surface area contributed by atoms with Crippen molar-refractivity contribution in [2.75, 3.05) is 25.5 Å². The van der Waals surface area contributed by atoms with Crippen LogP contribution in [-0.4, -0.2) is 56.7 Å². The maximum absolute atomic E-state index is 13.6. The van der Waals surface area contributed by atoms with E-state index < -0.39 is 21.5 Å². The molecule has 0 spiro atoms. The topological polar surface area (TPSA) is 131 Å². The monoisotopic (exact) mass is 561 g/mol. The van der Waals surface area contributed by atoms with Crippen LogP contribution in [0, 0.1) is 5.92 Å². The van der Waals surface area contributed by atoms with Crippen molar-refractivity contribution in [1.29, 1.82) is 0 Å². The van der Waals surface area contributed by atoms with Crippen molar-refractivity contribution < 1.29 is 13.2 Å². The summed E-state index contributed by atoms with van der Waals surface area (Å²) in [5.74, 6) is 0.840. The number of aliphatic imine (C=N–C) groups is 1. The summed E-state index contributed by atoms with van der Waals surface area (Å²) in [6.07, 6.45) is 3.39. The maximum Gasteiger partial charge on any atom is 0.241 e. The molecule has 1 unspecified atom stereocenters. The first-order chi connectivity index (χ1) is 18.0. The van der Waals surface area contributed by atoms with Gasteiger partial charge in [0.05, 0.1) is 4.90 Å². The fraction of sp³-hybridized carbons (Fsp3) is 0.500. The van der Waals surface area contributed by atoms with Crippen LogP contribution < -0.4 is 16.2 Å². The van der Waals surface area contributed by atoms with E-state index in [2.05, 4.69) is 23.6 Å². The highest BCUT2D eigenvalue weighted by Gasteiger charge is 2.32. The molecule has 38 heavy (non-hydrogen) atoms. The number of likely N-dealkylation sites (tertiary alicyclic amines) is 1. The third-order valence-electron chi connectivity index (χ3n) is 7.35. The van der Waals surface area contributed by atoms with Gasteiger partial charge in [0.1, 0.15) is 6.04 Å². The standard InChI is InChI=1S/C28H40ClN5O3S/c1-28(2,22-8-4-3-5-9-22)23-10-6-11-24(20-23)38(36,37)33-25(12-7-17-32-27(30)31)26(35)34-18-14-21(13-16-29)15-19-34/h3-6,8-11,20-21,25,33H,7,12-19H2,1-2H3,(H4,30,31,32). The van der Waals surface area contributed by atoms with Gasteiger partial charge in [0.25, 0.3) is 0 Å². The number of hydrogen-bond donors (Lipinski definition) is 3. The third kappa shape index (κ3) is 7.94. The van der Waals surface area contributed by atoms with Gasteiger partial charge in [-0.1, -0.05) is 56.3 Å². The van der Waals surface area contributed by atoms with Gasteiger partial charge < -0.3 is 16.4 Å². The van der Waals surface area contributed by atoms with Crippen LogP contribution in [0.3, 0.4) is 0 Å². The molecule has 8 nitrogen and oxygen atoms in total. The van der Waals surface area contributed by atoms with Crippen LogP contribution in [0.25, 0.3) is 0 Å². The number of hydrogen-bond acceptors (Lipinski definition) is 4. The van der Waals surface area contributed by atoms with Crippen LogP contribution in [0.2, 0.25) is 0 Å². The average Bonchev–Trinajstić information content (AvgIpc) is 2.91. The van der Waals surface area contributed by atoms with E-state index in [1.54, 1.807) is 23.1 Å². The molecule has 5 N–H and O–H groups in total. The van der Waals surface area contributed by atoms with E-state index >= 15 is 0 Å². The van der Waals surface area contributed by atoms with Crippen molar-refractivity contribution in [3.63, 3.8) is 0 Å². The number of nitrogens with zero attached hydrogens (tertiary/aromatic N) is 2. The van der Waals surface area contributed by atoms with Crippen molar-refractivity contribution in [2.24, 2.45) is 22.4 Å². The molecule has 1 atom stereocenters. The summed E-state index contributed by atoms with van der Waals surface area (Å²) in [4.78, 5) is 19.4. The predicted octanol–water partition coefficient (Wildman–Crippen LogP) is 3.58. The lowest BCUT2D eigenvalue weighted by Crippen LogP contribution is -2.50. The number of sulfonamides is 1. The van der Waals surface area contributed by atoms with Gasteiger partial charge in [0.15, 0.2) is 5.96 Å². The van der Waals surface area contributed by atoms with Crippen molar-refractivity contribution in [3.8, 4) is 0 Å². The minimum Gasteiger partial charge on any atom is -0.370 e. The maximum atomic E-state index is 13.6. The summed E-state index contributed by atoms with van der Waals surface area (Å²) < 4.78 is 29.8. The molecule has 1 saturated heterocycles. The number of guanidine groups is 1. The highest BCUT2D eigenvalue weighted by Crippen LogP contribution is 2.32. The van der Waals surface area contributed by atoms with Gasteiger partial charge in [0.2, 0.25) is 15.9 Å². The highest BCUT2D eigenvalue weighted by molar-refractivity contribution is 7.89. The van der Waals surface area contributed by atoms with Gasteiger partial charge in [-0.15, -0.1) is 11.6 Å². The van der Waals surface area contributed by atoms with E-state index in [9.17, 15) is 13.2 Å². The Bertz CT molecular complexity index is 1190. The lowest BCUT2D eigenvalue weighted by molar-refractivity contribution is -0.134. The Kier molecular flexibility index (Phi) is 10.6. The minimum absolute atomic E-state index is 0.0346. The van der Waals surface area contributed by atoms with Crippen LogP contribution in [0.5, 0.6) is 0 Å². The van der Waals surface area contributed by atoms with Gasteiger partial charge in [0, 0.05) is 30.9 Å². The molecule has 0 saturated carbocycles. The van der Waals surface area contributed by atoms with E-state index in [0.717, 1.165) is 30.4 Å². The Morgan fingerprint density at radius 1 is 1.11 bits per heavy atom. The van der Waals surface area contributed by atoms with E-state index in [0.29, 0.717) is 37.9 Å². The number of nitrogens with one attached hydrogen (secondary N) is 1. The van der Waals surface area contributed by atoms with Crippen molar-refractivity contribution in [3.05, 3.63) is 65.7 Å². The number of halogens is 1. The number of carbonyl (C=O) groups is 1. The molecule has 2 aromatic carbocycles. The Hall–Kier alpha value is -2.62. The Morgan fingerprint density at radius 3 is 2.39 bits per heavy atom. The van der Waals surface area contributed by atoms with Crippen LogP contribution in [0.4, 0.5) is 0 Å². The smallest absolute Gasteiger partial charge is 0.241 e. The molecule has 0 bridgehead atoms. The SMILES string of the molecule is CC(C)(c1ccccc1)c1cccc(S(=O)(=O)NC(CCCN=C(N)N)C(=O)N2CCC(CCCl)CC2)c1. The van der Waals surface area contributed by atoms with E-state index in [1.165, 1.54) is 0 Å². The average molecular weight is 562 g/mol. The molecule has 1 heterocycles. The van der Waals surface area contributed by atoms with Crippen molar-refractivity contribution in [2.45, 2.75) is 62.3 Å². The van der Waals surface area contributed by atoms with E-state index in [4.69, 9.17) is 23.1 Å². The van der Waals surface area contributed by atoms with Crippen LogP contribution in [0.1, 0.15) is 57.1 Å². The summed E-state index contributed by atoms with van der Waals surface area (Å²) >= 11 is 5.90. The summed E-state index contributed by atoms with van der Waals surface area (Å²) in [5, 5.41) is 0. The zero-order chi connectivity index (χ0) is 27.8. The number of carbonyl (C=O) groups excluding carboxylic acids is 1. The molecule has 1 amide bonds. The summed E-state index contributed by atoms with van der Waals surface area (Å²) in [6, 6.07) is 16.0. The second-order valence-electron chi connectivity index (χ2n) is 10.4. The molecule has 3 rings (SSSR count). The molecular weight excluding hydrogens is 522 g/mol. The number of rotatable bonds is 12. The van der Waals surface area contributed by atoms with Gasteiger partial charge in [-0.3, -0.25) is 9.79 Å². The molecular formula is C28H40ClN5O3S. The van der Waals surface area contributed by atoms with Crippen molar-refractivity contribution >= 4 is 33.5 Å². The minimum atomic E-state index is -3.98. The Balaban J connectivity index is 1.81. The summed E-state index contributed by atoms with van der Waals surface area (Å²) in [5.41, 5.74) is 12.4. The first-order valence-electron chi connectivity index (χ1n) is 13.1. The number of nitrogens with two attached hydrogens (primary N) is 2. The largest absolute Gasteiger partial charge is 0.370 e. The van der Waals surface area contributed by atoms with E-state index in [-0.39, 0.29) is 23.2 Å². The van der Waals surface area contributed by atoms with Crippen LogP contribution in [-0.2, 0) is 20.2 Å². The van der Waals surface area contributed by atoms with Gasteiger partial charge in [-0.05, 0) is 61.3 Å². The number of piperidine rings is 1. The normalized spacial score (nSPS) is 15.7. The lowest BCUT2D eigenvalue weighted by Gasteiger charge is -2.34. The fourth-order valence-corrected chi connectivity index (χ4v) is 6.46. The zero-order valence-electron chi connectivity index (χ0n) is 22.3. The molecule has 2 aromatic rings. The third-order valence-corrected chi connectivity index (χ3v) is 9.03. The molecule has 208 valence electrons. The summed E-state index contributed by atoms with van der Waals surface area (Å²) in [7, 11) is -3.98. The molecule has 0 aliphatic carbocycles. The molecule has 1 aliphatic rings. The quantitative estimate of drug-likeness (QED) is 0.158. The molecule has 10 heteroatoms. The van der Waals surface area contributed by atoms with Gasteiger partial charge in [-0.25, -0.2) is 8.42 Å². The predicted molar refractivity (Wildman–Crippen MR) is 154 cm³/mol. The number of alkyl halides is 1. The number of amides is 1. The van der Waals surface area contributed by atoms with Gasteiger partial charge in [-0.2, -0.15) is 4.72 Å². The lowest BCUT2D eigenvalue weighted by atomic mass is 9.78. The Labute approximate surface area is 231 Å². The van der Waals surface area contributed by atoms with Crippen molar-refractivity contribution in [1.82, 2.24) is 9.62 Å². The van der Waals surface area contributed by atoms with Crippen LogP contribution >= 0.6 is 11.6 Å². The summed E-state index contributed by atoms with van der Waals surface area (Å²) in [6.45, 7) is 5.61. The molecule has 1 aliphatic heterocycles. The highest BCUT2D eigenvalue weighted by atomic mass is 35.5. The van der Waals surface area contributed by atoms with Crippen LogP contribution in [0.15, 0.2) is 64.5 Å². The first-order valence-corrected chi connectivity index (χ1v) is 15.1. The first kappa shape index (κ1) is 29.9. The zero-order valence-corrected chi connectivity index (χ0v) is 23.8. The second kappa shape index (κ2) is 13.4. The second-order valence-corrected chi connectivity index (χ2v) is 12.5. The molecule has 0 radical (unpaired) electrons. The molecule has 0 aromatic heterocycles. The van der Waals surface area contributed by atoms with Gasteiger partial charge >= 0.3 is 0 Å². The Morgan fingerprint density at radius 2 is 1.76 bits per heavy atom. The number of benzene rings is 2. The van der Waals surface area contributed by atoms with E-state index in [1.807, 2.05) is 36.4 Å². The fourth-order valence-electron chi connectivity index (χ4n) is 4.88. The molecule has 1 fully saturated rings.